The molecule has 19 heavy (non-hydrogen) atoms. The number of rotatable bonds is 7. The van der Waals surface area contributed by atoms with Crippen LogP contribution < -0.4 is 5.32 Å². The minimum absolute atomic E-state index is 0.0952. The minimum Gasteiger partial charge on any atom is -0.309 e. The van der Waals surface area contributed by atoms with Gasteiger partial charge in [-0.15, -0.1) is 0 Å². The van der Waals surface area contributed by atoms with Gasteiger partial charge >= 0.3 is 6.18 Å². The lowest BCUT2D eigenvalue weighted by molar-refractivity contribution is -0.135. The van der Waals surface area contributed by atoms with Gasteiger partial charge in [0.05, 0.1) is 5.69 Å². The highest BCUT2D eigenvalue weighted by Gasteiger charge is 2.27. The summed E-state index contributed by atoms with van der Waals surface area (Å²) in [6, 6.07) is 3.72. The molecule has 1 heterocycles. The van der Waals surface area contributed by atoms with Gasteiger partial charge in [0.2, 0.25) is 0 Å². The van der Waals surface area contributed by atoms with Crippen LogP contribution in [0.25, 0.3) is 0 Å². The highest BCUT2D eigenvalue weighted by molar-refractivity contribution is 5.17. The van der Waals surface area contributed by atoms with Gasteiger partial charge in [-0.1, -0.05) is 6.92 Å². The van der Waals surface area contributed by atoms with Gasteiger partial charge in [0.1, 0.15) is 0 Å². The minimum atomic E-state index is -4.07. The Balaban J connectivity index is 2.61. The number of aromatic nitrogens is 1. The molecule has 0 aromatic carbocycles. The van der Waals surface area contributed by atoms with Crippen LogP contribution in [-0.2, 0) is 0 Å². The van der Waals surface area contributed by atoms with E-state index in [2.05, 4.69) is 10.3 Å². The third-order valence-electron chi connectivity index (χ3n) is 2.89. The maximum absolute atomic E-state index is 12.2. The normalized spacial score (nSPS) is 13.5. The van der Waals surface area contributed by atoms with E-state index in [4.69, 9.17) is 0 Å². The van der Waals surface area contributed by atoms with Gasteiger partial charge in [0, 0.05) is 18.7 Å². The van der Waals surface area contributed by atoms with E-state index >= 15 is 0 Å². The molecule has 0 aliphatic rings. The monoisotopic (exact) mass is 274 g/mol. The predicted molar refractivity (Wildman–Crippen MR) is 69.9 cm³/mol. The third-order valence-corrected chi connectivity index (χ3v) is 2.89. The SMILES string of the molecule is CCCNC(CCCC(F)(F)F)c1cc(C)ccn1. The van der Waals surface area contributed by atoms with Gasteiger partial charge in [-0.2, -0.15) is 13.2 Å². The molecule has 1 aromatic heterocycles. The standard InChI is InChI=1S/C14H21F3N2/c1-3-8-18-12(5-4-7-14(15,16)17)13-10-11(2)6-9-19-13/h6,9-10,12,18H,3-5,7-8H2,1-2H3. The predicted octanol–water partition coefficient (Wildman–Crippen LogP) is 4.16. The molecule has 1 aromatic rings. The number of nitrogens with zero attached hydrogens (tertiary/aromatic N) is 1. The van der Waals surface area contributed by atoms with Gasteiger partial charge in [-0.25, -0.2) is 0 Å². The van der Waals surface area contributed by atoms with Gasteiger partial charge < -0.3 is 5.32 Å². The highest BCUT2D eigenvalue weighted by atomic mass is 19.4. The van der Waals surface area contributed by atoms with E-state index in [1.54, 1.807) is 6.20 Å². The van der Waals surface area contributed by atoms with Crippen molar-refractivity contribution < 1.29 is 13.2 Å². The fourth-order valence-corrected chi connectivity index (χ4v) is 1.93. The van der Waals surface area contributed by atoms with Gasteiger partial charge in [-0.05, 0) is 50.4 Å². The van der Waals surface area contributed by atoms with Crippen molar-refractivity contribution >= 4 is 0 Å². The Morgan fingerprint density at radius 3 is 2.68 bits per heavy atom. The molecule has 0 radical (unpaired) electrons. The molecular weight excluding hydrogens is 253 g/mol. The second-order valence-electron chi connectivity index (χ2n) is 4.77. The molecule has 2 nitrogen and oxygen atoms in total. The molecule has 0 fully saturated rings. The summed E-state index contributed by atoms with van der Waals surface area (Å²) in [6.07, 6.45) is -1.58. The first-order chi connectivity index (χ1) is 8.92. The summed E-state index contributed by atoms with van der Waals surface area (Å²) in [6.45, 7) is 4.77. The van der Waals surface area contributed by atoms with Crippen molar-refractivity contribution in [1.82, 2.24) is 10.3 Å². The average Bonchev–Trinajstić information content (AvgIpc) is 2.32. The van der Waals surface area contributed by atoms with Gasteiger partial charge in [0.25, 0.3) is 0 Å². The van der Waals surface area contributed by atoms with E-state index in [1.165, 1.54) is 0 Å². The first-order valence-corrected chi connectivity index (χ1v) is 6.65. The quantitative estimate of drug-likeness (QED) is 0.807. The second-order valence-corrected chi connectivity index (χ2v) is 4.77. The third kappa shape index (κ3) is 6.57. The molecule has 5 heteroatoms. The van der Waals surface area contributed by atoms with Crippen LogP contribution in [-0.4, -0.2) is 17.7 Å². The van der Waals surface area contributed by atoms with E-state index in [0.717, 1.165) is 24.2 Å². The lowest BCUT2D eigenvalue weighted by Crippen LogP contribution is -2.23. The summed E-state index contributed by atoms with van der Waals surface area (Å²) < 4.78 is 36.6. The highest BCUT2D eigenvalue weighted by Crippen LogP contribution is 2.26. The van der Waals surface area contributed by atoms with E-state index in [0.29, 0.717) is 6.42 Å². The number of aryl methyl sites for hydroxylation is 1. The van der Waals surface area contributed by atoms with Crippen molar-refractivity contribution in [3.63, 3.8) is 0 Å². The van der Waals surface area contributed by atoms with Crippen LogP contribution >= 0.6 is 0 Å². The molecule has 1 unspecified atom stereocenters. The summed E-state index contributed by atoms with van der Waals surface area (Å²) in [7, 11) is 0. The zero-order valence-corrected chi connectivity index (χ0v) is 11.4. The topological polar surface area (TPSA) is 24.9 Å². The largest absolute Gasteiger partial charge is 0.389 e. The number of halogens is 3. The molecule has 0 spiro atoms. The Bertz CT molecular complexity index is 377. The fourth-order valence-electron chi connectivity index (χ4n) is 1.93. The first-order valence-electron chi connectivity index (χ1n) is 6.65. The Kier molecular flexibility index (Phi) is 6.28. The maximum atomic E-state index is 12.2. The number of pyridine rings is 1. The Hall–Kier alpha value is -1.10. The maximum Gasteiger partial charge on any atom is 0.389 e. The molecule has 0 aliphatic carbocycles. The molecule has 0 saturated heterocycles. The molecule has 108 valence electrons. The Morgan fingerprint density at radius 1 is 1.37 bits per heavy atom. The van der Waals surface area contributed by atoms with Crippen LogP contribution in [0.5, 0.6) is 0 Å². The summed E-state index contributed by atoms with van der Waals surface area (Å²) >= 11 is 0. The molecule has 0 amide bonds. The van der Waals surface area contributed by atoms with Crippen molar-refractivity contribution in [3.8, 4) is 0 Å². The van der Waals surface area contributed by atoms with Gasteiger partial charge in [0.15, 0.2) is 0 Å². The Labute approximate surface area is 112 Å². The lowest BCUT2D eigenvalue weighted by Gasteiger charge is -2.18. The van der Waals surface area contributed by atoms with Crippen molar-refractivity contribution in [2.45, 2.75) is 51.7 Å². The van der Waals surface area contributed by atoms with Gasteiger partial charge in [-0.3, -0.25) is 4.98 Å². The lowest BCUT2D eigenvalue weighted by atomic mass is 10.0. The number of nitrogens with one attached hydrogen (secondary N) is 1. The smallest absolute Gasteiger partial charge is 0.309 e. The number of hydrogen-bond donors (Lipinski definition) is 1. The van der Waals surface area contributed by atoms with Crippen LogP contribution in [0.2, 0.25) is 0 Å². The molecule has 1 N–H and O–H groups in total. The number of alkyl halides is 3. The second kappa shape index (κ2) is 7.48. The van der Waals surface area contributed by atoms with Crippen molar-refractivity contribution in [2.24, 2.45) is 0 Å². The van der Waals surface area contributed by atoms with Crippen LogP contribution in [0, 0.1) is 6.92 Å². The van der Waals surface area contributed by atoms with E-state index in [1.807, 2.05) is 26.0 Å². The van der Waals surface area contributed by atoms with Crippen molar-refractivity contribution in [1.29, 1.82) is 0 Å². The first kappa shape index (κ1) is 16.0. The zero-order chi connectivity index (χ0) is 14.3. The van der Waals surface area contributed by atoms with E-state index in [9.17, 15) is 13.2 Å². The van der Waals surface area contributed by atoms with Crippen molar-refractivity contribution in [3.05, 3.63) is 29.6 Å². The van der Waals surface area contributed by atoms with Crippen LogP contribution in [0.15, 0.2) is 18.3 Å². The zero-order valence-electron chi connectivity index (χ0n) is 11.4. The summed E-state index contributed by atoms with van der Waals surface area (Å²) in [5.74, 6) is 0. The molecule has 0 aliphatic heterocycles. The molecule has 0 bridgehead atoms. The Morgan fingerprint density at radius 2 is 2.11 bits per heavy atom. The molecular formula is C14H21F3N2. The summed E-state index contributed by atoms with van der Waals surface area (Å²) in [4.78, 5) is 4.26. The van der Waals surface area contributed by atoms with E-state index in [-0.39, 0.29) is 12.5 Å². The summed E-state index contributed by atoms with van der Waals surface area (Å²) in [5, 5.41) is 3.27. The molecule has 0 saturated carbocycles. The van der Waals surface area contributed by atoms with Crippen LogP contribution in [0.3, 0.4) is 0 Å². The van der Waals surface area contributed by atoms with Crippen LogP contribution in [0.1, 0.15) is 49.9 Å². The van der Waals surface area contributed by atoms with Crippen molar-refractivity contribution in [2.75, 3.05) is 6.54 Å². The van der Waals surface area contributed by atoms with E-state index < -0.39 is 12.6 Å². The molecule has 1 atom stereocenters. The molecule has 1 rings (SSSR count). The fraction of sp³-hybridized carbons (Fsp3) is 0.643. The number of hydrogen-bond acceptors (Lipinski definition) is 2. The summed E-state index contributed by atoms with van der Waals surface area (Å²) in [5.41, 5.74) is 1.90. The average molecular weight is 274 g/mol. The van der Waals surface area contributed by atoms with Crippen LogP contribution in [0.4, 0.5) is 13.2 Å².